The zero-order valence-corrected chi connectivity index (χ0v) is 19.0. The third-order valence-electron chi connectivity index (χ3n) is 5.67. The maximum atomic E-state index is 15.0. The molecule has 0 bridgehead atoms. The maximum absolute atomic E-state index is 15.0. The van der Waals surface area contributed by atoms with E-state index in [2.05, 4.69) is 0 Å². The number of hydrogen-bond donors (Lipinski definition) is 1. The van der Waals surface area contributed by atoms with E-state index in [-0.39, 0.29) is 0 Å². The molecule has 5 heteroatoms. The zero-order valence-electron chi connectivity index (χ0n) is 17.2. The molecule has 0 aliphatic heterocycles. The molecule has 3 nitrogen and oxygen atoms in total. The SMILES string of the molecule is CC(O)(P(=O)(c1ccccc1)c1ccccc1)P(=O)(c1ccccc1)c1ccccc1. The maximum Gasteiger partial charge on any atom is 0.182 e. The molecule has 0 amide bonds. The minimum atomic E-state index is -3.79. The molecule has 0 saturated heterocycles. The van der Waals surface area contributed by atoms with Gasteiger partial charge in [-0.2, -0.15) is 0 Å². The average molecular weight is 446 g/mol. The molecule has 0 aromatic heterocycles. The Hall–Kier alpha value is -2.70. The Morgan fingerprint density at radius 2 is 0.677 bits per heavy atom. The van der Waals surface area contributed by atoms with E-state index in [4.69, 9.17) is 0 Å². The Kier molecular flexibility index (Phi) is 5.86. The molecule has 0 heterocycles. The van der Waals surface area contributed by atoms with Crippen LogP contribution in [0.5, 0.6) is 0 Å². The van der Waals surface area contributed by atoms with Crippen LogP contribution in [0.1, 0.15) is 6.92 Å². The van der Waals surface area contributed by atoms with Crippen molar-refractivity contribution in [1.82, 2.24) is 0 Å². The summed E-state index contributed by atoms with van der Waals surface area (Å²) < 4.78 is 30.0. The number of hydrogen-bond acceptors (Lipinski definition) is 3. The molecular formula is C26H24O3P2. The van der Waals surface area contributed by atoms with Gasteiger partial charge in [-0.15, -0.1) is 0 Å². The van der Waals surface area contributed by atoms with Gasteiger partial charge in [-0.25, -0.2) is 0 Å². The number of rotatable bonds is 6. The van der Waals surface area contributed by atoms with Crippen LogP contribution in [0.3, 0.4) is 0 Å². The average Bonchev–Trinajstić information content (AvgIpc) is 2.85. The van der Waals surface area contributed by atoms with Gasteiger partial charge < -0.3 is 14.2 Å². The summed E-state index contributed by atoms with van der Waals surface area (Å²) in [4.78, 5) is 0. The number of aliphatic hydroxyl groups is 1. The van der Waals surface area contributed by atoms with Gasteiger partial charge in [0.25, 0.3) is 0 Å². The Morgan fingerprint density at radius 3 is 0.871 bits per heavy atom. The molecule has 0 fully saturated rings. The lowest BCUT2D eigenvalue weighted by molar-refractivity contribution is 0.225. The lowest BCUT2D eigenvalue weighted by Crippen LogP contribution is -2.41. The van der Waals surface area contributed by atoms with Crippen molar-refractivity contribution in [3.63, 3.8) is 0 Å². The van der Waals surface area contributed by atoms with Crippen LogP contribution in [0, 0.1) is 0 Å². The molecule has 0 unspecified atom stereocenters. The Bertz CT molecular complexity index is 1050. The van der Waals surface area contributed by atoms with Crippen LogP contribution in [-0.4, -0.2) is 10.2 Å². The molecule has 0 aliphatic rings. The lowest BCUT2D eigenvalue weighted by atomic mass is 10.4. The fourth-order valence-electron chi connectivity index (χ4n) is 4.03. The van der Waals surface area contributed by atoms with Crippen molar-refractivity contribution in [2.75, 3.05) is 0 Å². The normalized spacial score (nSPS) is 12.5. The highest BCUT2D eigenvalue weighted by molar-refractivity contribution is 7.96. The Balaban J connectivity index is 2.08. The van der Waals surface area contributed by atoms with Gasteiger partial charge in [-0.05, 0) is 6.92 Å². The van der Waals surface area contributed by atoms with E-state index in [0.29, 0.717) is 21.2 Å². The van der Waals surface area contributed by atoms with E-state index < -0.39 is 19.4 Å². The predicted octanol–water partition coefficient (Wildman–Crippen LogP) is 4.68. The predicted molar refractivity (Wildman–Crippen MR) is 130 cm³/mol. The second-order valence-corrected chi connectivity index (χ2v) is 14.1. The van der Waals surface area contributed by atoms with E-state index in [1.807, 2.05) is 24.3 Å². The standard InChI is InChI=1S/C26H24O3P2/c1-26(27,30(28,22-14-6-2-7-15-22)23-16-8-3-9-17-23)31(29,24-18-10-4-11-19-24)25-20-12-5-13-21-25/h2-21,27H,1H3. The van der Waals surface area contributed by atoms with Crippen LogP contribution in [-0.2, 0) is 9.13 Å². The molecule has 4 aromatic carbocycles. The minimum Gasteiger partial charge on any atom is -0.374 e. The molecule has 4 aromatic rings. The summed E-state index contributed by atoms with van der Waals surface area (Å²) in [5.41, 5.74) is 0. The van der Waals surface area contributed by atoms with Crippen molar-refractivity contribution in [2.45, 2.75) is 12.0 Å². The molecule has 31 heavy (non-hydrogen) atoms. The van der Waals surface area contributed by atoms with Gasteiger partial charge in [0.1, 0.15) is 0 Å². The highest BCUT2D eigenvalue weighted by Gasteiger charge is 2.58. The van der Waals surface area contributed by atoms with Crippen molar-refractivity contribution in [1.29, 1.82) is 0 Å². The summed E-state index contributed by atoms with van der Waals surface area (Å²) in [7, 11) is -7.57. The van der Waals surface area contributed by atoms with E-state index in [0.717, 1.165) is 0 Å². The first-order valence-corrected chi connectivity index (χ1v) is 13.5. The summed E-state index contributed by atoms with van der Waals surface area (Å²) in [6.07, 6.45) is 0. The van der Waals surface area contributed by atoms with Gasteiger partial charge in [0.05, 0.1) is 0 Å². The van der Waals surface area contributed by atoms with Crippen molar-refractivity contribution in [3.05, 3.63) is 121 Å². The third kappa shape index (κ3) is 3.44. The fourth-order valence-corrected chi connectivity index (χ4v) is 11.9. The summed E-state index contributed by atoms with van der Waals surface area (Å²) in [5.74, 6) is 0. The topological polar surface area (TPSA) is 54.4 Å². The first-order chi connectivity index (χ1) is 14.9. The van der Waals surface area contributed by atoms with Crippen LogP contribution in [0.2, 0.25) is 0 Å². The highest BCUT2D eigenvalue weighted by Crippen LogP contribution is 2.72. The second kappa shape index (κ2) is 8.44. The first kappa shape index (κ1) is 21.5. The van der Waals surface area contributed by atoms with Gasteiger partial charge in [0.2, 0.25) is 0 Å². The van der Waals surface area contributed by atoms with Crippen molar-refractivity contribution < 1.29 is 14.2 Å². The number of benzene rings is 4. The first-order valence-electron chi connectivity index (χ1n) is 10.1. The van der Waals surface area contributed by atoms with Gasteiger partial charge in [0, 0.05) is 21.2 Å². The van der Waals surface area contributed by atoms with Crippen LogP contribution in [0.15, 0.2) is 121 Å². The van der Waals surface area contributed by atoms with Gasteiger partial charge in [-0.3, -0.25) is 0 Å². The van der Waals surface area contributed by atoms with E-state index in [1.165, 1.54) is 6.92 Å². The molecule has 156 valence electrons. The smallest absolute Gasteiger partial charge is 0.182 e. The van der Waals surface area contributed by atoms with Gasteiger partial charge >= 0.3 is 0 Å². The largest absolute Gasteiger partial charge is 0.374 e. The van der Waals surface area contributed by atoms with Crippen LogP contribution < -0.4 is 21.2 Å². The second-order valence-electron chi connectivity index (χ2n) is 7.53. The monoisotopic (exact) mass is 446 g/mol. The fraction of sp³-hybridized carbons (Fsp3) is 0.0769. The summed E-state index contributed by atoms with van der Waals surface area (Å²) in [6.45, 7) is 1.47. The molecule has 0 saturated carbocycles. The quantitative estimate of drug-likeness (QED) is 0.438. The van der Waals surface area contributed by atoms with E-state index in [9.17, 15) is 5.11 Å². The highest BCUT2D eigenvalue weighted by atomic mass is 31.2. The summed E-state index contributed by atoms with van der Waals surface area (Å²) in [6, 6.07) is 35.6. The molecule has 0 atom stereocenters. The van der Waals surface area contributed by atoms with Crippen molar-refractivity contribution in [3.8, 4) is 0 Å². The summed E-state index contributed by atoms with van der Waals surface area (Å²) >= 11 is 0. The van der Waals surface area contributed by atoms with Gasteiger partial charge in [0.15, 0.2) is 19.4 Å². The van der Waals surface area contributed by atoms with Crippen LogP contribution in [0.4, 0.5) is 0 Å². The van der Waals surface area contributed by atoms with Crippen molar-refractivity contribution in [2.24, 2.45) is 0 Å². The minimum absolute atomic E-state index is 0.471. The van der Waals surface area contributed by atoms with Crippen molar-refractivity contribution >= 4 is 35.5 Å². The lowest BCUT2D eigenvalue weighted by Gasteiger charge is -2.40. The molecular weight excluding hydrogens is 422 g/mol. The Labute approximate surface area is 183 Å². The Morgan fingerprint density at radius 1 is 0.484 bits per heavy atom. The third-order valence-corrected chi connectivity index (χ3v) is 13.8. The van der Waals surface area contributed by atoms with Crippen LogP contribution >= 0.6 is 14.3 Å². The molecule has 0 radical (unpaired) electrons. The zero-order chi connectivity index (χ0) is 22.0. The van der Waals surface area contributed by atoms with E-state index >= 15 is 9.13 Å². The van der Waals surface area contributed by atoms with E-state index in [1.54, 1.807) is 97.1 Å². The van der Waals surface area contributed by atoms with Crippen LogP contribution in [0.25, 0.3) is 0 Å². The molecule has 0 aliphatic carbocycles. The molecule has 0 spiro atoms. The summed E-state index contributed by atoms with van der Waals surface area (Å²) in [5, 5.41) is 12.1. The van der Waals surface area contributed by atoms with Gasteiger partial charge in [-0.1, -0.05) is 121 Å². The molecule has 4 rings (SSSR count). The molecule has 1 N–H and O–H groups in total.